The molecule has 0 spiro atoms. The van der Waals surface area contributed by atoms with Gasteiger partial charge in [0.25, 0.3) is 0 Å². The molecule has 1 atom stereocenters. The van der Waals surface area contributed by atoms with Crippen molar-refractivity contribution in [2.24, 2.45) is 0 Å². The second-order valence-electron chi connectivity index (χ2n) is 3.93. The monoisotopic (exact) mass is 204 g/mol. The second-order valence-corrected chi connectivity index (χ2v) is 3.93. The van der Waals surface area contributed by atoms with Gasteiger partial charge in [-0.2, -0.15) is 0 Å². The molecule has 1 aromatic heterocycles. The van der Waals surface area contributed by atoms with Crippen LogP contribution in [0.4, 0.5) is 5.69 Å². The lowest BCUT2D eigenvalue weighted by molar-refractivity contribution is 0.178. The van der Waals surface area contributed by atoms with Gasteiger partial charge in [-0.15, -0.1) is 0 Å². The highest BCUT2D eigenvalue weighted by Crippen LogP contribution is 2.22. The largest absolute Gasteiger partial charge is 0.398 e. The van der Waals surface area contributed by atoms with Crippen molar-refractivity contribution >= 4 is 16.6 Å². The lowest BCUT2D eigenvalue weighted by atomic mass is 10.2. The fourth-order valence-corrected chi connectivity index (χ4v) is 1.77. The molecule has 3 nitrogen and oxygen atoms in total. The molecular weight excluding hydrogens is 188 g/mol. The number of benzene rings is 1. The Kier molecular flexibility index (Phi) is 2.64. The van der Waals surface area contributed by atoms with E-state index in [0.717, 1.165) is 29.6 Å². The maximum absolute atomic E-state index is 9.24. The third kappa shape index (κ3) is 1.97. The summed E-state index contributed by atoms with van der Waals surface area (Å²) in [5, 5.41) is 10.3. The van der Waals surface area contributed by atoms with Crippen LogP contribution in [0, 0.1) is 0 Å². The maximum atomic E-state index is 9.24. The van der Waals surface area contributed by atoms with Gasteiger partial charge in [0.05, 0.1) is 11.6 Å². The van der Waals surface area contributed by atoms with Crippen LogP contribution >= 0.6 is 0 Å². The summed E-state index contributed by atoms with van der Waals surface area (Å²) in [6.07, 6.45) is 2.52. The van der Waals surface area contributed by atoms with Crippen LogP contribution in [0.5, 0.6) is 0 Å². The van der Waals surface area contributed by atoms with Gasteiger partial charge < -0.3 is 15.4 Å². The van der Waals surface area contributed by atoms with Crippen LogP contribution in [0.3, 0.4) is 0 Å². The Morgan fingerprint density at radius 3 is 2.93 bits per heavy atom. The smallest absolute Gasteiger partial charge is 0.0529 e. The maximum Gasteiger partial charge on any atom is 0.0529 e. The summed E-state index contributed by atoms with van der Waals surface area (Å²) in [5.74, 6) is 0. The minimum absolute atomic E-state index is 0.261. The molecule has 2 aromatic rings. The van der Waals surface area contributed by atoms with Gasteiger partial charge in [-0.25, -0.2) is 0 Å². The third-order valence-corrected chi connectivity index (χ3v) is 2.64. The van der Waals surface area contributed by atoms with E-state index >= 15 is 0 Å². The predicted molar refractivity (Wildman–Crippen MR) is 62.6 cm³/mol. The van der Waals surface area contributed by atoms with Gasteiger partial charge in [-0.1, -0.05) is 6.07 Å². The molecule has 3 N–H and O–H groups in total. The second kappa shape index (κ2) is 3.95. The van der Waals surface area contributed by atoms with Gasteiger partial charge in [-0.3, -0.25) is 0 Å². The van der Waals surface area contributed by atoms with Gasteiger partial charge in [0, 0.05) is 23.8 Å². The molecule has 0 saturated heterocycles. The van der Waals surface area contributed by atoms with Crippen molar-refractivity contribution in [3.05, 3.63) is 30.5 Å². The van der Waals surface area contributed by atoms with Crippen molar-refractivity contribution in [2.45, 2.75) is 26.0 Å². The van der Waals surface area contributed by atoms with E-state index in [1.807, 2.05) is 30.5 Å². The Morgan fingerprint density at radius 1 is 1.40 bits per heavy atom. The molecule has 1 aromatic carbocycles. The zero-order valence-electron chi connectivity index (χ0n) is 8.85. The normalized spacial score (nSPS) is 13.2. The third-order valence-electron chi connectivity index (χ3n) is 2.64. The average Bonchev–Trinajstić information content (AvgIpc) is 2.59. The number of aliphatic hydroxyl groups excluding tert-OH is 1. The molecule has 80 valence electrons. The fraction of sp³-hybridized carbons (Fsp3) is 0.333. The summed E-state index contributed by atoms with van der Waals surface area (Å²) in [5.41, 5.74) is 7.81. The number of aromatic nitrogens is 1. The number of nitrogens with zero attached hydrogens (tertiary/aromatic N) is 1. The molecule has 0 amide bonds. The first kappa shape index (κ1) is 10.1. The first-order chi connectivity index (χ1) is 7.18. The number of anilines is 1. The molecular formula is C12H16N2O. The number of hydrogen-bond acceptors (Lipinski definition) is 2. The van der Waals surface area contributed by atoms with E-state index in [9.17, 15) is 5.11 Å². The summed E-state index contributed by atoms with van der Waals surface area (Å²) in [4.78, 5) is 0. The molecule has 0 fully saturated rings. The van der Waals surface area contributed by atoms with Gasteiger partial charge in [-0.05, 0) is 31.5 Å². The summed E-state index contributed by atoms with van der Waals surface area (Å²) >= 11 is 0. The van der Waals surface area contributed by atoms with Gasteiger partial charge >= 0.3 is 0 Å². The van der Waals surface area contributed by atoms with Crippen LogP contribution in [-0.4, -0.2) is 15.8 Å². The summed E-state index contributed by atoms with van der Waals surface area (Å²) in [7, 11) is 0. The number of nitrogen functional groups attached to an aromatic ring is 1. The predicted octanol–water partition coefficient (Wildman–Crippen LogP) is 1.99. The molecule has 1 unspecified atom stereocenters. The topological polar surface area (TPSA) is 51.2 Å². The summed E-state index contributed by atoms with van der Waals surface area (Å²) in [6.45, 7) is 2.63. The molecule has 1 heterocycles. The number of aliphatic hydroxyl groups is 1. The number of nitrogens with two attached hydrogens (primary N) is 1. The van der Waals surface area contributed by atoms with Crippen molar-refractivity contribution in [3.63, 3.8) is 0 Å². The standard InChI is InChI=1S/C12H16N2O/c1-9(15)5-7-14-8-6-10-11(13)3-2-4-12(10)14/h2-4,6,8-9,15H,5,7,13H2,1H3. The van der Waals surface area contributed by atoms with Gasteiger partial charge in [0.15, 0.2) is 0 Å². The van der Waals surface area contributed by atoms with E-state index in [2.05, 4.69) is 4.57 Å². The molecule has 0 saturated carbocycles. The molecule has 3 heteroatoms. The SMILES string of the molecule is CC(O)CCn1ccc2c(N)cccc21. The minimum Gasteiger partial charge on any atom is -0.398 e. The van der Waals surface area contributed by atoms with Crippen LogP contribution < -0.4 is 5.73 Å². The Morgan fingerprint density at radius 2 is 2.20 bits per heavy atom. The lowest BCUT2D eigenvalue weighted by Gasteiger charge is -2.07. The van der Waals surface area contributed by atoms with Crippen LogP contribution in [0.15, 0.2) is 30.5 Å². The zero-order valence-corrected chi connectivity index (χ0v) is 8.85. The quantitative estimate of drug-likeness (QED) is 0.751. The Balaban J connectivity index is 2.33. The lowest BCUT2D eigenvalue weighted by Crippen LogP contribution is -2.05. The highest BCUT2D eigenvalue weighted by molar-refractivity contribution is 5.91. The van der Waals surface area contributed by atoms with Crippen LogP contribution in [0.1, 0.15) is 13.3 Å². The van der Waals surface area contributed by atoms with Gasteiger partial charge in [0.2, 0.25) is 0 Å². The van der Waals surface area contributed by atoms with E-state index in [4.69, 9.17) is 5.73 Å². The highest BCUT2D eigenvalue weighted by atomic mass is 16.3. The molecule has 0 aliphatic rings. The van der Waals surface area contributed by atoms with E-state index < -0.39 is 0 Å². The van der Waals surface area contributed by atoms with E-state index in [0.29, 0.717) is 0 Å². The summed E-state index contributed by atoms with van der Waals surface area (Å²) < 4.78 is 2.12. The fourth-order valence-electron chi connectivity index (χ4n) is 1.77. The Bertz CT molecular complexity index is 460. The molecule has 0 radical (unpaired) electrons. The first-order valence-electron chi connectivity index (χ1n) is 5.20. The Hall–Kier alpha value is -1.48. The van der Waals surface area contributed by atoms with Crippen molar-refractivity contribution in [1.29, 1.82) is 0 Å². The number of aryl methyl sites for hydroxylation is 1. The highest BCUT2D eigenvalue weighted by Gasteiger charge is 2.03. The van der Waals surface area contributed by atoms with Gasteiger partial charge in [0.1, 0.15) is 0 Å². The zero-order chi connectivity index (χ0) is 10.8. The van der Waals surface area contributed by atoms with Crippen molar-refractivity contribution in [3.8, 4) is 0 Å². The van der Waals surface area contributed by atoms with Crippen LogP contribution in [-0.2, 0) is 6.54 Å². The molecule has 0 aliphatic heterocycles. The molecule has 0 bridgehead atoms. The number of hydrogen-bond donors (Lipinski definition) is 2. The molecule has 15 heavy (non-hydrogen) atoms. The van der Waals surface area contributed by atoms with Crippen LogP contribution in [0.25, 0.3) is 10.9 Å². The van der Waals surface area contributed by atoms with E-state index in [1.54, 1.807) is 6.92 Å². The molecule has 2 rings (SSSR count). The van der Waals surface area contributed by atoms with Crippen molar-refractivity contribution in [1.82, 2.24) is 4.57 Å². The number of fused-ring (bicyclic) bond motifs is 1. The minimum atomic E-state index is -0.261. The average molecular weight is 204 g/mol. The van der Waals surface area contributed by atoms with E-state index in [-0.39, 0.29) is 6.10 Å². The van der Waals surface area contributed by atoms with Crippen molar-refractivity contribution in [2.75, 3.05) is 5.73 Å². The van der Waals surface area contributed by atoms with Crippen LogP contribution in [0.2, 0.25) is 0 Å². The van der Waals surface area contributed by atoms with Crippen molar-refractivity contribution < 1.29 is 5.11 Å². The van der Waals surface area contributed by atoms with E-state index in [1.165, 1.54) is 0 Å². The number of rotatable bonds is 3. The first-order valence-corrected chi connectivity index (χ1v) is 5.20. The Labute approximate surface area is 89.1 Å². The summed E-state index contributed by atoms with van der Waals surface area (Å²) in [6, 6.07) is 7.93. The molecule has 0 aliphatic carbocycles.